The molecule has 30 heavy (non-hydrogen) atoms. The molecule has 0 bridgehead atoms. The predicted octanol–water partition coefficient (Wildman–Crippen LogP) is 1.38. The molecule has 0 aliphatic carbocycles. The summed E-state index contributed by atoms with van der Waals surface area (Å²) in [5.74, 6) is 0.426. The van der Waals surface area contributed by atoms with Gasteiger partial charge in [0.1, 0.15) is 6.04 Å². The summed E-state index contributed by atoms with van der Waals surface area (Å²) in [6.07, 6.45) is 4.39. The van der Waals surface area contributed by atoms with Crippen molar-refractivity contribution >= 4 is 5.91 Å². The van der Waals surface area contributed by atoms with Gasteiger partial charge in [-0.05, 0) is 31.0 Å². The van der Waals surface area contributed by atoms with Gasteiger partial charge in [-0.3, -0.25) is 14.5 Å². The smallest absolute Gasteiger partial charge is 0.267 e. The lowest BCUT2D eigenvalue weighted by atomic mass is 10.1. The van der Waals surface area contributed by atoms with Gasteiger partial charge in [0.2, 0.25) is 5.91 Å². The summed E-state index contributed by atoms with van der Waals surface area (Å²) in [7, 11) is 0. The Morgan fingerprint density at radius 2 is 1.80 bits per heavy atom. The summed E-state index contributed by atoms with van der Waals surface area (Å²) in [4.78, 5) is 29.6. The first-order chi connectivity index (χ1) is 14.6. The second-order valence-electron chi connectivity index (χ2n) is 7.50. The highest BCUT2D eigenvalue weighted by Gasteiger charge is 2.27. The summed E-state index contributed by atoms with van der Waals surface area (Å²) in [5, 5.41) is 8.49. The van der Waals surface area contributed by atoms with Gasteiger partial charge in [-0.1, -0.05) is 30.3 Å². The van der Waals surface area contributed by atoms with Crippen LogP contribution in [0, 0.1) is 0 Å². The van der Waals surface area contributed by atoms with E-state index in [0.717, 1.165) is 26.1 Å². The van der Waals surface area contributed by atoms with E-state index in [2.05, 4.69) is 39.4 Å². The van der Waals surface area contributed by atoms with Crippen molar-refractivity contribution in [3.63, 3.8) is 0 Å². The molecule has 8 nitrogen and oxygen atoms in total. The van der Waals surface area contributed by atoms with E-state index < -0.39 is 6.04 Å². The van der Waals surface area contributed by atoms with E-state index in [1.54, 1.807) is 36.1 Å². The monoisotopic (exact) mass is 406 g/mol. The van der Waals surface area contributed by atoms with Crippen LogP contribution in [0.1, 0.15) is 18.5 Å². The molecule has 4 rings (SSSR count). The molecule has 1 atom stereocenters. The number of aromatic nitrogens is 4. The number of benzene rings is 1. The lowest BCUT2D eigenvalue weighted by Gasteiger charge is -2.36. The summed E-state index contributed by atoms with van der Waals surface area (Å²) in [5.41, 5.74) is 1.03. The largest absolute Gasteiger partial charge is 0.338 e. The Morgan fingerprint density at radius 3 is 2.50 bits per heavy atom. The molecule has 8 heteroatoms. The Labute approximate surface area is 175 Å². The third-order valence-corrected chi connectivity index (χ3v) is 5.52. The highest BCUT2D eigenvalue weighted by Crippen LogP contribution is 2.12. The van der Waals surface area contributed by atoms with Gasteiger partial charge in [-0.15, -0.1) is 5.10 Å². The fourth-order valence-electron chi connectivity index (χ4n) is 3.71. The maximum atomic E-state index is 13.0. The van der Waals surface area contributed by atoms with Crippen molar-refractivity contribution in [2.75, 3.05) is 32.7 Å². The van der Waals surface area contributed by atoms with Crippen LogP contribution in [0.25, 0.3) is 5.82 Å². The van der Waals surface area contributed by atoms with E-state index in [0.29, 0.717) is 18.9 Å². The lowest BCUT2D eigenvalue weighted by molar-refractivity contribution is -0.136. The standard InChI is InChI=1S/C22H26N6O2/c1-18(28-21(29)9-8-20(24-28)27-12-5-11-23-27)22(30)26-16-14-25(15-17-26)13-10-19-6-3-2-4-7-19/h2-9,11-12,18H,10,13-17H2,1H3. The second kappa shape index (κ2) is 9.04. The number of hydrogen-bond acceptors (Lipinski definition) is 5. The molecule has 1 saturated heterocycles. The van der Waals surface area contributed by atoms with Gasteiger partial charge in [0, 0.05) is 51.2 Å². The minimum absolute atomic E-state index is 0.0788. The molecule has 1 aliphatic rings. The van der Waals surface area contributed by atoms with Gasteiger partial charge in [0.05, 0.1) is 0 Å². The number of rotatable bonds is 6. The highest BCUT2D eigenvalue weighted by atomic mass is 16.2. The van der Waals surface area contributed by atoms with Crippen LogP contribution in [-0.4, -0.2) is 68.0 Å². The maximum absolute atomic E-state index is 13.0. The van der Waals surface area contributed by atoms with Crippen LogP contribution in [-0.2, 0) is 11.2 Å². The van der Waals surface area contributed by atoms with Crippen LogP contribution in [0.2, 0.25) is 0 Å². The average molecular weight is 406 g/mol. The Kier molecular flexibility index (Phi) is 6.04. The molecule has 2 aromatic heterocycles. The maximum Gasteiger partial charge on any atom is 0.267 e. The number of nitrogens with zero attached hydrogens (tertiary/aromatic N) is 6. The van der Waals surface area contributed by atoms with Gasteiger partial charge in [0.25, 0.3) is 5.56 Å². The summed E-state index contributed by atoms with van der Waals surface area (Å²) in [6, 6.07) is 14.6. The molecular formula is C22H26N6O2. The average Bonchev–Trinajstić information content (AvgIpc) is 3.33. The van der Waals surface area contributed by atoms with Crippen molar-refractivity contribution in [2.24, 2.45) is 0 Å². The molecule has 1 aromatic carbocycles. The van der Waals surface area contributed by atoms with Gasteiger partial charge >= 0.3 is 0 Å². The van der Waals surface area contributed by atoms with Crippen molar-refractivity contribution in [3.05, 3.63) is 76.8 Å². The van der Waals surface area contributed by atoms with E-state index >= 15 is 0 Å². The highest BCUT2D eigenvalue weighted by molar-refractivity contribution is 5.80. The third kappa shape index (κ3) is 4.49. The van der Waals surface area contributed by atoms with Crippen molar-refractivity contribution in [2.45, 2.75) is 19.4 Å². The van der Waals surface area contributed by atoms with Gasteiger partial charge in [-0.25, -0.2) is 9.36 Å². The van der Waals surface area contributed by atoms with Crippen LogP contribution >= 0.6 is 0 Å². The molecule has 0 N–H and O–H groups in total. The Balaban J connectivity index is 1.36. The topological polar surface area (TPSA) is 76.3 Å². The van der Waals surface area contributed by atoms with Gasteiger partial charge in [0.15, 0.2) is 5.82 Å². The summed E-state index contributed by atoms with van der Waals surface area (Å²) >= 11 is 0. The van der Waals surface area contributed by atoms with E-state index in [4.69, 9.17) is 0 Å². The second-order valence-corrected chi connectivity index (χ2v) is 7.50. The minimum Gasteiger partial charge on any atom is -0.338 e. The number of piperazine rings is 1. The lowest BCUT2D eigenvalue weighted by Crippen LogP contribution is -2.51. The predicted molar refractivity (Wildman–Crippen MR) is 113 cm³/mol. The van der Waals surface area contributed by atoms with Crippen LogP contribution < -0.4 is 5.56 Å². The Bertz CT molecular complexity index is 1020. The number of hydrogen-bond donors (Lipinski definition) is 0. The first kappa shape index (κ1) is 20.0. The van der Waals surface area contributed by atoms with E-state index in [1.807, 2.05) is 11.0 Å². The molecule has 0 radical (unpaired) electrons. The van der Waals surface area contributed by atoms with Gasteiger partial charge in [-0.2, -0.15) is 5.10 Å². The van der Waals surface area contributed by atoms with Crippen molar-refractivity contribution in [1.29, 1.82) is 0 Å². The molecule has 156 valence electrons. The molecule has 1 fully saturated rings. The van der Waals surface area contributed by atoms with Gasteiger partial charge < -0.3 is 4.90 Å². The molecule has 3 aromatic rings. The molecular weight excluding hydrogens is 380 g/mol. The number of amides is 1. The molecule has 1 unspecified atom stereocenters. The normalized spacial score (nSPS) is 15.8. The third-order valence-electron chi connectivity index (χ3n) is 5.52. The number of carbonyl (C=O) groups is 1. The zero-order chi connectivity index (χ0) is 20.9. The first-order valence-corrected chi connectivity index (χ1v) is 10.3. The van der Waals surface area contributed by atoms with E-state index in [-0.39, 0.29) is 11.5 Å². The van der Waals surface area contributed by atoms with Crippen LogP contribution in [0.3, 0.4) is 0 Å². The van der Waals surface area contributed by atoms with Crippen molar-refractivity contribution in [1.82, 2.24) is 29.4 Å². The zero-order valence-electron chi connectivity index (χ0n) is 17.1. The quantitative estimate of drug-likeness (QED) is 0.618. The molecule has 1 amide bonds. The first-order valence-electron chi connectivity index (χ1n) is 10.3. The minimum atomic E-state index is -0.663. The van der Waals surface area contributed by atoms with Crippen molar-refractivity contribution < 1.29 is 4.79 Å². The number of carbonyl (C=O) groups excluding carboxylic acids is 1. The Morgan fingerprint density at radius 1 is 1.03 bits per heavy atom. The summed E-state index contributed by atoms with van der Waals surface area (Å²) in [6.45, 7) is 5.69. The van der Waals surface area contributed by atoms with Crippen LogP contribution in [0.15, 0.2) is 65.7 Å². The fourth-order valence-corrected chi connectivity index (χ4v) is 3.71. The Hall–Kier alpha value is -3.26. The van der Waals surface area contributed by atoms with E-state index in [1.165, 1.54) is 16.3 Å². The molecule has 1 aliphatic heterocycles. The van der Waals surface area contributed by atoms with Crippen molar-refractivity contribution in [3.8, 4) is 5.82 Å². The molecule has 0 spiro atoms. The van der Waals surface area contributed by atoms with Crippen LogP contribution in [0.5, 0.6) is 0 Å². The summed E-state index contributed by atoms with van der Waals surface area (Å²) < 4.78 is 2.82. The van der Waals surface area contributed by atoms with Crippen LogP contribution in [0.4, 0.5) is 0 Å². The van der Waals surface area contributed by atoms with E-state index in [9.17, 15) is 9.59 Å². The SMILES string of the molecule is CC(C(=O)N1CCN(CCc2ccccc2)CC1)n1nc(-n2cccn2)ccc1=O. The zero-order valence-corrected chi connectivity index (χ0v) is 17.1. The fraction of sp³-hybridized carbons (Fsp3) is 0.364. The molecule has 0 saturated carbocycles. The molecule has 3 heterocycles.